The van der Waals surface area contributed by atoms with Crippen LogP contribution < -0.4 is 16.0 Å². The number of hydrogen-bond acceptors (Lipinski definition) is 6. The molecule has 2 aliphatic heterocycles. The van der Waals surface area contributed by atoms with E-state index < -0.39 is 0 Å². The van der Waals surface area contributed by atoms with Gasteiger partial charge < -0.3 is 20.7 Å². The van der Waals surface area contributed by atoms with Gasteiger partial charge in [-0.25, -0.2) is 0 Å². The maximum Gasteiger partial charge on any atom is 0.258 e. The first-order chi connectivity index (χ1) is 20.0. The topological polar surface area (TPSA) is 82.7 Å². The zero-order chi connectivity index (χ0) is 28.2. The molecule has 4 aromatic rings. The van der Waals surface area contributed by atoms with Crippen LogP contribution in [0, 0.1) is 0 Å². The van der Waals surface area contributed by atoms with Gasteiger partial charge in [0.2, 0.25) is 0 Å². The average Bonchev–Trinajstić information content (AvgIpc) is 3.65. The number of benzene rings is 3. The maximum atomic E-state index is 13.4. The number of hydrogen-bond donors (Lipinski definition) is 3. The molecule has 3 heterocycles. The van der Waals surface area contributed by atoms with Gasteiger partial charge in [-0.05, 0) is 59.8 Å². The van der Waals surface area contributed by atoms with Crippen LogP contribution in [0.3, 0.4) is 0 Å². The molecule has 0 unspecified atom stereocenters. The normalized spacial score (nSPS) is 17.0. The Balaban J connectivity index is 1.28. The molecule has 1 atom stereocenters. The van der Waals surface area contributed by atoms with Gasteiger partial charge in [-0.15, -0.1) is 0 Å². The van der Waals surface area contributed by atoms with E-state index >= 15 is 0 Å². The number of carbonyl (C=O) groups excluding carboxylic acids is 2. The van der Waals surface area contributed by atoms with Crippen molar-refractivity contribution in [3.8, 4) is 0 Å². The molecule has 1 saturated heterocycles. The third kappa shape index (κ3) is 6.10. The number of rotatable bonds is 8. The molecule has 0 radical (unpaired) electrons. The molecule has 0 aliphatic carbocycles. The zero-order valence-corrected chi connectivity index (χ0v) is 23.7. The van der Waals surface area contributed by atoms with Gasteiger partial charge in [0.15, 0.2) is 0 Å². The van der Waals surface area contributed by atoms with Gasteiger partial charge in [-0.3, -0.25) is 14.5 Å². The first-order valence-corrected chi connectivity index (χ1v) is 14.7. The van der Waals surface area contributed by atoms with E-state index in [1.807, 2.05) is 66.2 Å². The minimum absolute atomic E-state index is 0.152. The quantitative estimate of drug-likeness (QED) is 0.229. The lowest BCUT2D eigenvalue weighted by molar-refractivity contribution is -0.110. The molecule has 208 valence electrons. The molecule has 2 aliphatic rings. The summed E-state index contributed by atoms with van der Waals surface area (Å²) in [6.45, 7) is 6.27. The summed E-state index contributed by atoms with van der Waals surface area (Å²) in [6.07, 6.45) is 0. The molecule has 0 spiro atoms. The Bertz CT molecular complexity index is 1560. The molecule has 0 bridgehead atoms. The van der Waals surface area contributed by atoms with E-state index in [1.165, 1.54) is 5.56 Å². The highest BCUT2D eigenvalue weighted by Gasteiger charge is 2.30. The Morgan fingerprint density at radius 3 is 2.51 bits per heavy atom. The van der Waals surface area contributed by atoms with E-state index in [4.69, 9.17) is 4.74 Å². The molecule has 41 heavy (non-hydrogen) atoms. The van der Waals surface area contributed by atoms with Crippen molar-refractivity contribution < 1.29 is 14.3 Å². The smallest absolute Gasteiger partial charge is 0.258 e. The minimum atomic E-state index is -0.201. The largest absolute Gasteiger partial charge is 0.379 e. The van der Waals surface area contributed by atoms with Crippen molar-refractivity contribution in [1.82, 2.24) is 10.2 Å². The number of morpholine rings is 1. The average molecular weight is 565 g/mol. The summed E-state index contributed by atoms with van der Waals surface area (Å²) in [7, 11) is 0. The van der Waals surface area contributed by atoms with E-state index in [0.29, 0.717) is 28.1 Å². The number of fused-ring (bicyclic) bond motifs is 1. The van der Waals surface area contributed by atoms with Crippen LogP contribution in [-0.4, -0.2) is 43.0 Å². The van der Waals surface area contributed by atoms with E-state index in [1.54, 1.807) is 29.5 Å². The second-order valence-electron chi connectivity index (χ2n) is 10.3. The second kappa shape index (κ2) is 12.1. The number of thiophene rings is 1. The molecule has 2 amide bonds. The van der Waals surface area contributed by atoms with E-state index in [-0.39, 0.29) is 17.9 Å². The number of anilines is 2. The van der Waals surface area contributed by atoms with Gasteiger partial charge in [0, 0.05) is 53.1 Å². The van der Waals surface area contributed by atoms with Crippen molar-refractivity contribution in [3.05, 3.63) is 117 Å². The molecular formula is C33H32N4O3S. The molecule has 0 saturated carbocycles. The Hall–Kier alpha value is -4.24. The zero-order valence-electron chi connectivity index (χ0n) is 22.9. The van der Waals surface area contributed by atoms with Gasteiger partial charge in [0.1, 0.15) is 0 Å². The van der Waals surface area contributed by atoms with Gasteiger partial charge in [0.05, 0.1) is 30.5 Å². The lowest BCUT2D eigenvalue weighted by Gasteiger charge is -2.26. The fraction of sp³-hybridized carbons (Fsp3) is 0.212. The van der Waals surface area contributed by atoms with Crippen LogP contribution in [0.1, 0.15) is 45.6 Å². The van der Waals surface area contributed by atoms with Crippen LogP contribution in [0.15, 0.2) is 89.6 Å². The molecule has 8 heteroatoms. The fourth-order valence-electron chi connectivity index (χ4n) is 5.20. The predicted octanol–water partition coefficient (Wildman–Crippen LogP) is 6.00. The number of carbonyl (C=O) groups is 2. The van der Waals surface area contributed by atoms with Crippen LogP contribution in [0.4, 0.5) is 11.4 Å². The third-order valence-corrected chi connectivity index (χ3v) is 8.15. The number of amides is 2. The Labute approximate surface area is 243 Å². The molecular weight excluding hydrogens is 532 g/mol. The summed E-state index contributed by atoms with van der Waals surface area (Å²) < 4.78 is 5.46. The lowest BCUT2D eigenvalue weighted by Crippen LogP contribution is -2.35. The second-order valence-corrected chi connectivity index (χ2v) is 11.1. The summed E-state index contributed by atoms with van der Waals surface area (Å²) in [5.41, 5.74) is 7.17. The van der Waals surface area contributed by atoms with Crippen LogP contribution in [0.2, 0.25) is 0 Å². The summed E-state index contributed by atoms with van der Waals surface area (Å²) in [5, 5.41) is 13.6. The van der Waals surface area contributed by atoms with Crippen LogP contribution in [0.5, 0.6) is 0 Å². The predicted molar refractivity (Wildman–Crippen MR) is 165 cm³/mol. The van der Waals surface area contributed by atoms with E-state index in [2.05, 4.69) is 33.0 Å². The van der Waals surface area contributed by atoms with Gasteiger partial charge >= 0.3 is 0 Å². The summed E-state index contributed by atoms with van der Waals surface area (Å²) in [5.74, 6) is -0.392. The van der Waals surface area contributed by atoms with Crippen molar-refractivity contribution in [3.63, 3.8) is 0 Å². The molecule has 7 nitrogen and oxygen atoms in total. The first-order valence-electron chi connectivity index (χ1n) is 13.8. The standard InChI is InChI=1S/C33H32N4O3S/c1-22(24-5-3-2-4-6-24)34-32(38)25-9-12-29-28(19-25)30(33(39)36-29)31(26-13-18-41-21-26)35-27-10-7-23(8-11-27)20-37-14-16-40-17-15-37/h2-13,18-19,21-22,35H,14-17,20H2,1H3,(H,34,38)(H,36,39)/b31-30-/t22-/m1/s1. The van der Waals surface area contributed by atoms with Crippen LogP contribution in [-0.2, 0) is 16.1 Å². The summed E-state index contributed by atoms with van der Waals surface area (Å²) >= 11 is 1.57. The SMILES string of the molecule is C[C@@H](NC(=O)c1ccc2c(c1)/C(=C(/Nc1ccc(CN3CCOCC3)cc1)c1ccsc1)C(=O)N2)c1ccccc1. The fourth-order valence-corrected chi connectivity index (χ4v) is 5.85. The lowest BCUT2D eigenvalue weighted by atomic mass is 9.99. The maximum absolute atomic E-state index is 13.4. The van der Waals surface area contributed by atoms with Crippen molar-refractivity contribution in [2.45, 2.75) is 19.5 Å². The van der Waals surface area contributed by atoms with E-state index in [9.17, 15) is 9.59 Å². The number of ether oxygens (including phenoxy) is 1. The van der Waals surface area contributed by atoms with Crippen molar-refractivity contribution in [2.24, 2.45) is 0 Å². The minimum Gasteiger partial charge on any atom is -0.379 e. The van der Waals surface area contributed by atoms with Gasteiger partial charge in [-0.1, -0.05) is 42.5 Å². The third-order valence-electron chi connectivity index (χ3n) is 7.47. The molecule has 3 aromatic carbocycles. The van der Waals surface area contributed by atoms with Gasteiger partial charge in [-0.2, -0.15) is 11.3 Å². The summed E-state index contributed by atoms with van der Waals surface area (Å²) in [4.78, 5) is 29.0. The summed E-state index contributed by atoms with van der Waals surface area (Å²) in [6, 6.07) is 25.4. The van der Waals surface area contributed by atoms with Crippen LogP contribution in [0.25, 0.3) is 11.3 Å². The molecule has 1 fully saturated rings. The van der Waals surface area contributed by atoms with Crippen molar-refractivity contribution in [2.75, 3.05) is 36.9 Å². The highest BCUT2D eigenvalue weighted by atomic mass is 32.1. The molecule has 3 N–H and O–H groups in total. The molecule has 1 aromatic heterocycles. The van der Waals surface area contributed by atoms with Crippen molar-refractivity contribution >= 4 is 45.8 Å². The highest BCUT2D eigenvalue weighted by Crippen LogP contribution is 2.38. The Kier molecular flexibility index (Phi) is 7.95. The Morgan fingerprint density at radius 1 is 1.00 bits per heavy atom. The first kappa shape index (κ1) is 27.0. The van der Waals surface area contributed by atoms with Crippen molar-refractivity contribution in [1.29, 1.82) is 0 Å². The van der Waals surface area contributed by atoms with Crippen LogP contribution >= 0.6 is 11.3 Å². The number of nitrogens with one attached hydrogen (secondary N) is 3. The monoisotopic (exact) mass is 564 g/mol. The van der Waals surface area contributed by atoms with E-state index in [0.717, 1.165) is 49.7 Å². The van der Waals surface area contributed by atoms with Gasteiger partial charge in [0.25, 0.3) is 11.8 Å². The highest BCUT2D eigenvalue weighted by molar-refractivity contribution is 7.08. The Morgan fingerprint density at radius 2 is 1.78 bits per heavy atom. The number of nitrogens with zero attached hydrogens (tertiary/aromatic N) is 1. The molecule has 6 rings (SSSR count).